The summed E-state index contributed by atoms with van der Waals surface area (Å²) in [6, 6.07) is 2.99. The molecule has 1 amide bonds. The number of carbonyl (C=O) groups is 1. The van der Waals surface area contributed by atoms with Crippen molar-refractivity contribution in [3.63, 3.8) is 0 Å². The maximum Gasteiger partial charge on any atom is 0.407 e. The average Bonchev–Trinajstić information content (AvgIpc) is 2.79. The van der Waals surface area contributed by atoms with Crippen molar-refractivity contribution in [1.82, 2.24) is 0 Å². The minimum Gasteiger partial charge on any atom is -0.463 e. The van der Waals surface area contributed by atoms with E-state index in [9.17, 15) is 18.0 Å². The fraction of sp³-hybridized carbons (Fsp3) is 0.357. The highest BCUT2D eigenvalue weighted by molar-refractivity contribution is 6.00. The van der Waals surface area contributed by atoms with Crippen LogP contribution in [0.1, 0.15) is 19.4 Å². The van der Waals surface area contributed by atoms with E-state index in [4.69, 9.17) is 11.3 Å². The van der Waals surface area contributed by atoms with Gasteiger partial charge in [-0.3, -0.25) is 9.79 Å². The van der Waals surface area contributed by atoms with Crippen LogP contribution in [0.3, 0.4) is 0 Å². The summed E-state index contributed by atoms with van der Waals surface area (Å²) in [6.07, 6.45) is -4.67. The van der Waals surface area contributed by atoms with E-state index >= 15 is 0 Å². The number of benzene rings is 1. The molecule has 5 nitrogen and oxygen atoms in total. The number of halogens is 3. The second-order valence-corrected chi connectivity index (χ2v) is 4.96. The van der Waals surface area contributed by atoms with Crippen LogP contribution in [0.25, 0.3) is 4.85 Å². The minimum absolute atomic E-state index is 0.0564. The molecule has 0 bridgehead atoms. The Morgan fingerprint density at radius 2 is 2.18 bits per heavy atom. The monoisotopic (exact) mass is 311 g/mol. The lowest BCUT2D eigenvalue weighted by Gasteiger charge is -2.22. The number of aliphatic imine (C=N–C) groups is 1. The highest BCUT2D eigenvalue weighted by Crippen LogP contribution is 2.38. The molecule has 8 heteroatoms. The molecule has 0 aromatic heterocycles. The van der Waals surface area contributed by atoms with Gasteiger partial charge in [-0.1, -0.05) is 6.07 Å². The smallest absolute Gasteiger partial charge is 0.407 e. The van der Waals surface area contributed by atoms with Crippen molar-refractivity contribution in [2.24, 2.45) is 4.99 Å². The van der Waals surface area contributed by atoms with Gasteiger partial charge in [-0.05, 0) is 19.1 Å². The molecule has 0 fully saturated rings. The first-order valence-electron chi connectivity index (χ1n) is 6.26. The molecule has 1 unspecified atom stereocenters. The van der Waals surface area contributed by atoms with Crippen LogP contribution in [0.2, 0.25) is 0 Å². The van der Waals surface area contributed by atoms with Gasteiger partial charge in [-0.15, -0.1) is 0 Å². The molecular weight excluding hydrogens is 299 g/mol. The summed E-state index contributed by atoms with van der Waals surface area (Å²) in [5, 5.41) is 2.37. The highest BCUT2D eigenvalue weighted by atomic mass is 19.4. The maximum absolute atomic E-state index is 12.9. The van der Waals surface area contributed by atoms with E-state index < -0.39 is 28.9 Å². The van der Waals surface area contributed by atoms with Gasteiger partial charge in [0.2, 0.25) is 5.60 Å². The van der Waals surface area contributed by atoms with Crippen molar-refractivity contribution in [1.29, 1.82) is 0 Å². The van der Waals surface area contributed by atoms with Gasteiger partial charge in [0.25, 0.3) is 5.91 Å². The molecule has 1 aromatic carbocycles. The van der Waals surface area contributed by atoms with Gasteiger partial charge >= 0.3 is 6.18 Å². The topological polar surface area (TPSA) is 55.0 Å². The first kappa shape index (κ1) is 15.8. The summed E-state index contributed by atoms with van der Waals surface area (Å²) in [5.41, 5.74) is -2.92. The SMILES string of the molecule is [C-]#[N+]c1ccc(NC(=O)C2(C)CN=C(C)O2)cc1C(F)(F)F. The Balaban J connectivity index is 2.25. The van der Waals surface area contributed by atoms with Crippen molar-refractivity contribution >= 4 is 23.2 Å². The number of rotatable bonds is 2. The van der Waals surface area contributed by atoms with E-state index in [2.05, 4.69) is 15.2 Å². The lowest BCUT2D eigenvalue weighted by atomic mass is 10.1. The molecule has 116 valence electrons. The van der Waals surface area contributed by atoms with E-state index in [0.717, 1.165) is 12.1 Å². The van der Waals surface area contributed by atoms with Crippen LogP contribution >= 0.6 is 0 Å². The molecule has 0 radical (unpaired) electrons. The molecule has 1 aromatic rings. The second kappa shape index (κ2) is 5.33. The van der Waals surface area contributed by atoms with Gasteiger partial charge < -0.3 is 10.1 Å². The Morgan fingerprint density at radius 3 is 2.68 bits per heavy atom. The van der Waals surface area contributed by atoms with E-state index in [1.54, 1.807) is 6.92 Å². The lowest BCUT2D eigenvalue weighted by molar-refractivity contribution is -0.137. The van der Waals surface area contributed by atoms with Gasteiger partial charge in [-0.25, -0.2) is 4.85 Å². The van der Waals surface area contributed by atoms with E-state index in [1.165, 1.54) is 13.0 Å². The van der Waals surface area contributed by atoms with Gasteiger partial charge in [0.1, 0.15) is 0 Å². The fourth-order valence-electron chi connectivity index (χ4n) is 1.97. The van der Waals surface area contributed by atoms with Gasteiger partial charge in [0, 0.05) is 12.6 Å². The fourth-order valence-corrected chi connectivity index (χ4v) is 1.97. The van der Waals surface area contributed by atoms with Crippen molar-refractivity contribution < 1.29 is 22.7 Å². The molecule has 22 heavy (non-hydrogen) atoms. The number of alkyl halides is 3. The maximum atomic E-state index is 12.9. The Bertz CT molecular complexity index is 692. The van der Waals surface area contributed by atoms with Crippen LogP contribution in [-0.4, -0.2) is 24.0 Å². The van der Waals surface area contributed by atoms with Crippen molar-refractivity contribution in [2.45, 2.75) is 25.6 Å². The van der Waals surface area contributed by atoms with E-state index in [-0.39, 0.29) is 12.2 Å². The first-order chi connectivity index (χ1) is 10.2. The third-order valence-electron chi connectivity index (χ3n) is 3.14. The number of hydrogen-bond acceptors (Lipinski definition) is 3. The van der Waals surface area contributed by atoms with Gasteiger partial charge in [-0.2, -0.15) is 13.2 Å². The summed E-state index contributed by atoms with van der Waals surface area (Å²) in [6.45, 7) is 9.95. The Labute approximate surface area is 124 Å². The molecule has 0 aliphatic carbocycles. The standard InChI is InChI=1S/C14H12F3N3O2/c1-8-19-7-13(2,22-8)12(21)20-9-4-5-11(18-3)10(6-9)14(15,16)17/h4-6H,7H2,1-2H3,(H,20,21). The van der Waals surface area contributed by atoms with Gasteiger partial charge in [0.05, 0.1) is 18.7 Å². The number of nitrogens with one attached hydrogen (secondary N) is 1. The number of ether oxygens (including phenoxy) is 1. The largest absolute Gasteiger partial charge is 0.463 e. The third kappa shape index (κ3) is 3.03. The zero-order valence-corrected chi connectivity index (χ0v) is 11.8. The summed E-state index contributed by atoms with van der Waals surface area (Å²) >= 11 is 0. The third-order valence-corrected chi connectivity index (χ3v) is 3.14. The summed E-state index contributed by atoms with van der Waals surface area (Å²) < 4.78 is 43.9. The minimum atomic E-state index is -4.67. The zero-order valence-electron chi connectivity index (χ0n) is 11.8. The Kier molecular flexibility index (Phi) is 3.83. The molecule has 0 saturated carbocycles. The normalized spacial score (nSPS) is 20.8. The van der Waals surface area contributed by atoms with Crippen LogP contribution < -0.4 is 5.32 Å². The quantitative estimate of drug-likeness (QED) is 0.851. The van der Waals surface area contributed by atoms with Crippen LogP contribution in [-0.2, 0) is 15.7 Å². The Hall–Kier alpha value is -2.56. The average molecular weight is 311 g/mol. The molecule has 1 atom stereocenters. The first-order valence-corrected chi connectivity index (χ1v) is 6.26. The number of carbonyl (C=O) groups excluding carboxylic acids is 1. The lowest BCUT2D eigenvalue weighted by Crippen LogP contribution is -2.43. The van der Waals surface area contributed by atoms with Crippen LogP contribution in [0.4, 0.5) is 24.5 Å². The molecule has 1 aliphatic heterocycles. The Morgan fingerprint density at radius 1 is 1.50 bits per heavy atom. The number of hydrogen-bond donors (Lipinski definition) is 1. The van der Waals surface area contributed by atoms with Crippen LogP contribution in [0, 0.1) is 6.57 Å². The predicted molar refractivity (Wildman–Crippen MR) is 73.8 cm³/mol. The van der Waals surface area contributed by atoms with Crippen LogP contribution in [0.5, 0.6) is 0 Å². The van der Waals surface area contributed by atoms with Crippen molar-refractivity contribution in [3.8, 4) is 0 Å². The molecule has 0 spiro atoms. The molecule has 2 rings (SSSR count). The highest BCUT2D eigenvalue weighted by Gasteiger charge is 2.40. The van der Waals surface area contributed by atoms with Gasteiger partial charge in [0.15, 0.2) is 11.6 Å². The summed E-state index contributed by atoms with van der Waals surface area (Å²) in [4.78, 5) is 18.9. The molecule has 1 aliphatic rings. The van der Waals surface area contributed by atoms with E-state index in [1.807, 2.05) is 0 Å². The van der Waals surface area contributed by atoms with Crippen molar-refractivity contribution in [3.05, 3.63) is 35.2 Å². The number of anilines is 1. The molecular formula is C14H12F3N3O2. The number of nitrogens with zero attached hydrogens (tertiary/aromatic N) is 2. The second-order valence-electron chi connectivity index (χ2n) is 4.96. The summed E-state index contributed by atoms with van der Waals surface area (Å²) in [7, 11) is 0. The molecule has 1 N–H and O–H groups in total. The molecule has 1 heterocycles. The number of amides is 1. The van der Waals surface area contributed by atoms with Crippen molar-refractivity contribution in [2.75, 3.05) is 11.9 Å². The molecule has 0 saturated heterocycles. The van der Waals surface area contributed by atoms with E-state index in [0.29, 0.717) is 5.90 Å². The predicted octanol–water partition coefficient (Wildman–Crippen LogP) is 3.40. The zero-order chi connectivity index (χ0) is 16.5. The summed E-state index contributed by atoms with van der Waals surface area (Å²) in [5.74, 6) is -0.256. The van der Waals surface area contributed by atoms with Crippen LogP contribution in [0.15, 0.2) is 23.2 Å².